The van der Waals surface area contributed by atoms with Crippen LogP contribution in [0.4, 0.5) is 0 Å². The third kappa shape index (κ3) is 2.73. The molecule has 0 saturated carbocycles. The molecule has 1 aromatic carbocycles. The molecule has 88 valence electrons. The quantitative estimate of drug-likeness (QED) is 0.821. The zero-order chi connectivity index (χ0) is 12.2. The van der Waals surface area contributed by atoms with E-state index >= 15 is 0 Å². The van der Waals surface area contributed by atoms with E-state index in [1.165, 1.54) is 0 Å². The predicted molar refractivity (Wildman–Crippen MR) is 61.2 cm³/mol. The summed E-state index contributed by atoms with van der Waals surface area (Å²) in [6.45, 7) is 1.83. The van der Waals surface area contributed by atoms with E-state index in [2.05, 4.69) is 0 Å². The van der Waals surface area contributed by atoms with Crippen molar-refractivity contribution >= 4 is 5.91 Å². The lowest BCUT2D eigenvalue weighted by Crippen LogP contribution is -2.30. The van der Waals surface area contributed by atoms with E-state index in [-0.39, 0.29) is 12.3 Å². The van der Waals surface area contributed by atoms with E-state index in [9.17, 15) is 4.79 Å². The number of benzene rings is 1. The van der Waals surface area contributed by atoms with Crippen LogP contribution in [0.3, 0.4) is 0 Å². The summed E-state index contributed by atoms with van der Waals surface area (Å²) in [5.74, 6) is 0.376. The first-order chi connectivity index (χ1) is 7.51. The molecule has 0 heterocycles. The van der Waals surface area contributed by atoms with Crippen LogP contribution in [0.2, 0.25) is 0 Å². The van der Waals surface area contributed by atoms with Gasteiger partial charge in [0.05, 0.1) is 19.1 Å². The Morgan fingerprint density at radius 1 is 1.31 bits per heavy atom. The molecular formula is C12H17NO3. The lowest BCUT2D eigenvalue weighted by Gasteiger charge is -2.27. The van der Waals surface area contributed by atoms with Crippen molar-refractivity contribution < 1.29 is 14.3 Å². The summed E-state index contributed by atoms with van der Waals surface area (Å²) in [4.78, 5) is 11.0. The molecule has 1 rings (SSSR count). The van der Waals surface area contributed by atoms with Crippen LogP contribution in [0.5, 0.6) is 5.75 Å². The van der Waals surface area contributed by atoms with Gasteiger partial charge in [-0.3, -0.25) is 4.79 Å². The molecule has 0 radical (unpaired) electrons. The predicted octanol–water partition coefficient (Wildman–Crippen LogP) is 1.43. The number of carbonyl (C=O) groups is 1. The summed E-state index contributed by atoms with van der Waals surface area (Å²) in [6.07, 6.45) is 0.149. The molecule has 0 fully saturated rings. The Labute approximate surface area is 95.3 Å². The number of ether oxygens (including phenoxy) is 2. The molecule has 0 bridgehead atoms. The third-order valence-corrected chi connectivity index (χ3v) is 2.66. The van der Waals surface area contributed by atoms with Gasteiger partial charge in [-0.15, -0.1) is 0 Å². The van der Waals surface area contributed by atoms with Crippen molar-refractivity contribution in [3.8, 4) is 5.75 Å². The monoisotopic (exact) mass is 223 g/mol. The maximum Gasteiger partial charge on any atom is 0.220 e. The minimum absolute atomic E-state index is 0.149. The topological polar surface area (TPSA) is 61.5 Å². The van der Waals surface area contributed by atoms with Crippen LogP contribution >= 0.6 is 0 Å². The zero-order valence-electron chi connectivity index (χ0n) is 9.82. The average molecular weight is 223 g/mol. The van der Waals surface area contributed by atoms with Crippen molar-refractivity contribution in [1.29, 1.82) is 0 Å². The first-order valence-electron chi connectivity index (χ1n) is 5.00. The molecule has 1 amide bonds. The van der Waals surface area contributed by atoms with Gasteiger partial charge in [-0.2, -0.15) is 0 Å². The van der Waals surface area contributed by atoms with E-state index in [1.54, 1.807) is 14.2 Å². The van der Waals surface area contributed by atoms with Crippen LogP contribution in [0, 0.1) is 0 Å². The number of hydrogen-bond acceptors (Lipinski definition) is 3. The number of rotatable bonds is 5. The molecule has 0 aliphatic carbocycles. The van der Waals surface area contributed by atoms with Crippen molar-refractivity contribution in [2.45, 2.75) is 18.9 Å². The molecule has 4 nitrogen and oxygen atoms in total. The summed E-state index contributed by atoms with van der Waals surface area (Å²) >= 11 is 0. The Kier molecular flexibility index (Phi) is 3.90. The molecule has 0 spiro atoms. The molecule has 1 atom stereocenters. The van der Waals surface area contributed by atoms with Crippen molar-refractivity contribution in [1.82, 2.24) is 0 Å². The second kappa shape index (κ2) is 4.99. The molecule has 1 aromatic rings. The summed E-state index contributed by atoms with van der Waals surface area (Å²) in [5.41, 5.74) is 5.42. The minimum Gasteiger partial charge on any atom is -0.497 e. The van der Waals surface area contributed by atoms with Gasteiger partial charge >= 0.3 is 0 Å². The van der Waals surface area contributed by atoms with Crippen molar-refractivity contribution in [2.75, 3.05) is 14.2 Å². The smallest absolute Gasteiger partial charge is 0.220 e. The highest BCUT2D eigenvalue weighted by Crippen LogP contribution is 2.29. The zero-order valence-corrected chi connectivity index (χ0v) is 9.82. The second-order valence-electron chi connectivity index (χ2n) is 3.81. The highest BCUT2D eigenvalue weighted by Gasteiger charge is 2.28. The number of amides is 1. The standard InChI is InChI=1S/C12H17NO3/c1-12(16-3,8-11(13)14)9-4-6-10(15-2)7-5-9/h4-7H,8H2,1-3H3,(H2,13,14). The third-order valence-electron chi connectivity index (χ3n) is 2.66. The van der Waals surface area contributed by atoms with Crippen LogP contribution in [0.1, 0.15) is 18.9 Å². The molecule has 1 unspecified atom stereocenters. The normalized spacial score (nSPS) is 14.2. The van der Waals surface area contributed by atoms with Crippen molar-refractivity contribution in [3.63, 3.8) is 0 Å². The number of hydrogen-bond donors (Lipinski definition) is 1. The van der Waals surface area contributed by atoms with Gasteiger partial charge in [0.15, 0.2) is 0 Å². The lowest BCUT2D eigenvalue weighted by atomic mass is 9.92. The summed E-state index contributed by atoms with van der Waals surface area (Å²) < 4.78 is 10.4. The van der Waals surface area contributed by atoms with E-state index in [4.69, 9.17) is 15.2 Å². The van der Waals surface area contributed by atoms with Gasteiger partial charge in [0.25, 0.3) is 0 Å². The number of nitrogens with two attached hydrogens (primary N) is 1. The largest absolute Gasteiger partial charge is 0.497 e. The first kappa shape index (κ1) is 12.5. The molecule has 0 saturated heterocycles. The van der Waals surface area contributed by atoms with Crippen LogP contribution in [-0.2, 0) is 15.1 Å². The van der Waals surface area contributed by atoms with Crippen LogP contribution in [0.15, 0.2) is 24.3 Å². The maximum absolute atomic E-state index is 11.0. The van der Waals surface area contributed by atoms with Gasteiger partial charge in [0.1, 0.15) is 5.75 Å². The first-order valence-corrected chi connectivity index (χ1v) is 5.00. The van der Waals surface area contributed by atoms with Crippen LogP contribution in [0.25, 0.3) is 0 Å². The van der Waals surface area contributed by atoms with Crippen LogP contribution < -0.4 is 10.5 Å². The Balaban J connectivity index is 2.98. The van der Waals surface area contributed by atoms with E-state index in [0.717, 1.165) is 11.3 Å². The van der Waals surface area contributed by atoms with Gasteiger partial charge in [-0.05, 0) is 24.6 Å². The fourth-order valence-electron chi connectivity index (χ4n) is 1.57. The van der Waals surface area contributed by atoms with Gasteiger partial charge in [-0.25, -0.2) is 0 Å². The fraction of sp³-hybridized carbons (Fsp3) is 0.417. The molecule has 0 aromatic heterocycles. The second-order valence-corrected chi connectivity index (χ2v) is 3.81. The van der Waals surface area contributed by atoms with E-state index < -0.39 is 5.60 Å². The van der Waals surface area contributed by atoms with Crippen LogP contribution in [-0.4, -0.2) is 20.1 Å². The average Bonchev–Trinajstić information content (AvgIpc) is 2.28. The highest BCUT2D eigenvalue weighted by molar-refractivity contribution is 5.75. The Morgan fingerprint density at radius 3 is 2.25 bits per heavy atom. The highest BCUT2D eigenvalue weighted by atomic mass is 16.5. The molecule has 4 heteroatoms. The number of primary amides is 1. The fourth-order valence-corrected chi connectivity index (χ4v) is 1.57. The molecule has 16 heavy (non-hydrogen) atoms. The molecule has 2 N–H and O–H groups in total. The Hall–Kier alpha value is -1.55. The van der Waals surface area contributed by atoms with Gasteiger partial charge < -0.3 is 15.2 Å². The van der Waals surface area contributed by atoms with Crippen molar-refractivity contribution in [3.05, 3.63) is 29.8 Å². The number of methoxy groups -OCH3 is 2. The summed E-state index contributed by atoms with van der Waals surface area (Å²) in [6, 6.07) is 7.39. The van der Waals surface area contributed by atoms with Gasteiger partial charge in [0, 0.05) is 7.11 Å². The van der Waals surface area contributed by atoms with Gasteiger partial charge in [0.2, 0.25) is 5.91 Å². The maximum atomic E-state index is 11.0. The molecule has 0 aliphatic rings. The Morgan fingerprint density at radius 2 is 1.88 bits per heavy atom. The SMILES string of the molecule is COc1ccc(C(C)(CC(N)=O)OC)cc1. The van der Waals surface area contributed by atoms with E-state index in [0.29, 0.717) is 0 Å². The lowest BCUT2D eigenvalue weighted by molar-refractivity contribution is -0.124. The van der Waals surface area contributed by atoms with E-state index in [1.807, 2.05) is 31.2 Å². The summed E-state index contributed by atoms with van der Waals surface area (Å²) in [7, 11) is 3.17. The minimum atomic E-state index is -0.682. The summed E-state index contributed by atoms with van der Waals surface area (Å²) in [5, 5.41) is 0. The van der Waals surface area contributed by atoms with Gasteiger partial charge in [-0.1, -0.05) is 12.1 Å². The van der Waals surface area contributed by atoms with Crippen molar-refractivity contribution in [2.24, 2.45) is 5.73 Å². The number of carbonyl (C=O) groups excluding carboxylic acids is 1. The Bertz CT molecular complexity index is 361. The molecular weight excluding hydrogens is 206 g/mol. The molecule has 0 aliphatic heterocycles.